The molecular weight excluding hydrogens is 407 g/mol. The molecular formula is C17H17IN2O3. The molecule has 6 heteroatoms. The van der Waals surface area contributed by atoms with Gasteiger partial charge >= 0.3 is 5.97 Å². The fourth-order valence-corrected chi connectivity index (χ4v) is 2.52. The van der Waals surface area contributed by atoms with Gasteiger partial charge in [0.25, 0.3) is 5.91 Å². The summed E-state index contributed by atoms with van der Waals surface area (Å²) < 4.78 is 6.07. The van der Waals surface area contributed by atoms with Crippen LogP contribution in [0.2, 0.25) is 0 Å². The first-order valence-corrected chi connectivity index (χ1v) is 8.22. The predicted molar refractivity (Wildman–Crippen MR) is 96.4 cm³/mol. The predicted octanol–water partition coefficient (Wildman–Crippen LogP) is 3.61. The highest BCUT2D eigenvalue weighted by Gasteiger charge is 2.13. The molecule has 0 unspecified atom stereocenters. The number of benzene rings is 1. The minimum absolute atomic E-state index is 0.178. The number of ether oxygens (including phenoxy) is 1. The van der Waals surface area contributed by atoms with Crippen LogP contribution in [-0.4, -0.2) is 23.5 Å². The first kappa shape index (κ1) is 17.4. The average Bonchev–Trinajstić information content (AvgIpc) is 2.55. The van der Waals surface area contributed by atoms with Crippen molar-refractivity contribution in [2.75, 3.05) is 11.9 Å². The third kappa shape index (κ3) is 5.02. The highest BCUT2D eigenvalue weighted by atomic mass is 127. The Morgan fingerprint density at radius 1 is 1.26 bits per heavy atom. The largest absolute Gasteiger partial charge is 0.451 e. The van der Waals surface area contributed by atoms with Crippen LogP contribution in [0.3, 0.4) is 0 Å². The van der Waals surface area contributed by atoms with Gasteiger partial charge in [0.05, 0.1) is 0 Å². The van der Waals surface area contributed by atoms with Gasteiger partial charge < -0.3 is 10.1 Å². The van der Waals surface area contributed by atoms with Crippen molar-refractivity contribution in [3.8, 4) is 0 Å². The quantitative estimate of drug-likeness (QED) is 0.589. The highest BCUT2D eigenvalue weighted by Crippen LogP contribution is 2.26. The Morgan fingerprint density at radius 2 is 2.04 bits per heavy atom. The van der Waals surface area contributed by atoms with Gasteiger partial charge in [0.1, 0.15) is 5.69 Å². The minimum atomic E-state index is -0.618. The van der Waals surface area contributed by atoms with Crippen LogP contribution in [-0.2, 0) is 9.53 Å². The van der Waals surface area contributed by atoms with E-state index in [1.807, 2.05) is 18.2 Å². The normalized spacial score (nSPS) is 10.4. The number of anilines is 1. The van der Waals surface area contributed by atoms with Crippen LogP contribution in [0.15, 0.2) is 42.6 Å². The molecule has 0 fully saturated rings. The summed E-state index contributed by atoms with van der Waals surface area (Å²) >= 11 is 2.23. The number of hydrogen-bond acceptors (Lipinski definition) is 4. The summed E-state index contributed by atoms with van der Waals surface area (Å²) in [7, 11) is 0. The molecule has 0 aliphatic heterocycles. The summed E-state index contributed by atoms with van der Waals surface area (Å²) in [5.41, 5.74) is 1.96. The first-order chi connectivity index (χ1) is 11.0. The van der Waals surface area contributed by atoms with E-state index in [0.29, 0.717) is 0 Å². The second-order valence-electron chi connectivity index (χ2n) is 5.23. The Balaban J connectivity index is 1.97. The zero-order chi connectivity index (χ0) is 16.8. The van der Waals surface area contributed by atoms with E-state index in [0.717, 1.165) is 14.8 Å². The lowest BCUT2D eigenvalue weighted by molar-refractivity contribution is -0.119. The van der Waals surface area contributed by atoms with Crippen LogP contribution in [0.1, 0.15) is 35.8 Å². The summed E-state index contributed by atoms with van der Waals surface area (Å²) in [5.74, 6) is -0.721. The van der Waals surface area contributed by atoms with Gasteiger partial charge in [-0.1, -0.05) is 19.9 Å². The molecule has 2 aromatic rings. The van der Waals surface area contributed by atoms with Gasteiger partial charge in [-0.3, -0.25) is 4.79 Å². The maximum atomic E-state index is 12.0. The number of carbonyl (C=O) groups excluding carboxylic acids is 2. The molecule has 0 bridgehead atoms. The number of rotatable bonds is 5. The molecule has 1 amide bonds. The van der Waals surface area contributed by atoms with Crippen molar-refractivity contribution >= 4 is 40.2 Å². The molecule has 0 aliphatic rings. The molecule has 1 N–H and O–H groups in total. The van der Waals surface area contributed by atoms with Crippen molar-refractivity contribution < 1.29 is 14.3 Å². The van der Waals surface area contributed by atoms with Gasteiger partial charge in [-0.15, -0.1) is 0 Å². The number of nitrogens with zero attached hydrogens (tertiary/aromatic N) is 1. The molecule has 0 saturated carbocycles. The topological polar surface area (TPSA) is 68.3 Å². The van der Waals surface area contributed by atoms with Gasteiger partial charge in [-0.2, -0.15) is 0 Å². The minimum Gasteiger partial charge on any atom is -0.451 e. The number of pyridine rings is 1. The summed E-state index contributed by atoms with van der Waals surface area (Å²) in [6, 6.07) is 10.7. The number of amides is 1. The van der Waals surface area contributed by atoms with Crippen LogP contribution < -0.4 is 5.32 Å². The van der Waals surface area contributed by atoms with Crippen LogP contribution in [0.5, 0.6) is 0 Å². The molecule has 1 aromatic carbocycles. The smallest absolute Gasteiger partial charge is 0.357 e. The molecule has 1 aromatic heterocycles. The molecule has 2 rings (SSSR count). The average molecular weight is 424 g/mol. The Labute approximate surface area is 148 Å². The van der Waals surface area contributed by atoms with Crippen molar-refractivity contribution in [1.82, 2.24) is 4.98 Å². The molecule has 120 valence electrons. The monoisotopic (exact) mass is 424 g/mol. The second kappa shape index (κ2) is 8.05. The Kier molecular flexibility index (Phi) is 6.09. The summed E-state index contributed by atoms with van der Waals surface area (Å²) in [6.45, 7) is 3.77. The van der Waals surface area contributed by atoms with Crippen molar-refractivity contribution in [1.29, 1.82) is 0 Å². The van der Waals surface area contributed by atoms with E-state index in [2.05, 4.69) is 46.7 Å². The molecule has 0 atom stereocenters. The lowest BCUT2D eigenvalue weighted by Crippen LogP contribution is -2.22. The van der Waals surface area contributed by atoms with E-state index in [4.69, 9.17) is 4.74 Å². The molecule has 1 heterocycles. The van der Waals surface area contributed by atoms with Crippen LogP contribution in [0, 0.1) is 3.57 Å². The molecule has 0 aliphatic carbocycles. The van der Waals surface area contributed by atoms with Crippen molar-refractivity contribution in [2.24, 2.45) is 0 Å². The SMILES string of the molecule is CC(C)c1cc(I)ccc1NC(=O)COC(=O)c1ccccn1. The van der Waals surface area contributed by atoms with Crippen molar-refractivity contribution in [3.05, 3.63) is 57.4 Å². The van der Waals surface area contributed by atoms with E-state index in [-0.39, 0.29) is 24.1 Å². The van der Waals surface area contributed by atoms with Crippen LogP contribution >= 0.6 is 22.6 Å². The third-order valence-electron chi connectivity index (χ3n) is 3.12. The lowest BCUT2D eigenvalue weighted by atomic mass is 10.0. The summed E-state index contributed by atoms with van der Waals surface area (Å²) in [5, 5.41) is 2.79. The third-order valence-corrected chi connectivity index (χ3v) is 3.79. The number of nitrogens with one attached hydrogen (secondary N) is 1. The molecule has 0 radical (unpaired) electrons. The van der Waals surface area contributed by atoms with Gasteiger partial charge in [0, 0.05) is 15.5 Å². The van der Waals surface area contributed by atoms with Crippen molar-refractivity contribution in [3.63, 3.8) is 0 Å². The Bertz CT molecular complexity index is 702. The zero-order valence-corrected chi connectivity index (χ0v) is 15.0. The van der Waals surface area contributed by atoms with E-state index >= 15 is 0 Å². The number of carbonyl (C=O) groups is 2. The standard InChI is InChI=1S/C17H17IN2O3/c1-11(2)13-9-12(18)6-7-14(13)20-16(21)10-23-17(22)15-5-3-4-8-19-15/h3-9,11H,10H2,1-2H3,(H,20,21). The van der Waals surface area contributed by atoms with Gasteiger partial charge in [-0.05, 0) is 64.4 Å². The van der Waals surface area contributed by atoms with Gasteiger partial charge in [-0.25, -0.2) is 9.78 Å². The van der Waals surface area contributed by atoms with E-state index in [1.165, 1.54) is 12.3 Å². The molecule has 0 saturated heterocycles. The molecule has 23 heavy (non-hydrogen) atoms. The van der Waals surface area contributed by atoms with Crippen LogP contribution in [0.4, 0.5) is 5.69 Å². The van der Waals surface area contributed by atoms with E-state index in [1.54, 1.807) is 12.1 Å². The summed E-state index contributed by atoms with van der Waals surface area (Å²) in [6.07, 6.45) is 1.50. The molecule has 5 nitrogen and oxygen atoms in total. The maximum Gasteiger partial charge on any atom is 0.357 e. The first-order valence-electron chi connectivity index (χ1n) is 7.15. The van der Waals surface area contributed by atoms with Gasteiger partial charge in [0.15, 0.2) is 6.61 Å². The lowest BCUT2D eigenvalue weighted by Gasteiger charge is -2.14. The maximum absolute atomic E-state index is 12.0. The highest BCUT2D eigenvalue weighted by molar-refractivity contribution is 14.1. The second-order valence-corrected chi connectivity index (χ2v) is 6.47. The fourth-order valence-electron chi connectivity index (χ4n) is 2.00. The van der Waals surface area contributed by atoms with E-state index in [9.17, 15) is 9.59 Å². The number of aromatic nitrogens is 1. The van der Waals surface area contributed by atoms with Crippen molar-refractivity contribution in [2.45, 2.75) is 19.8 Å². The van der Waals surface area contributed by atoms with Crippen LogP contribution in [0.25, 0.3) is 0 Å². The summed E-state index contributed by atoms with van der Waals surface area (Å²) in [4.78, 5) is 27.6. The molecule has 0 spiro atoms. The zero-order valence-electron chi connectivity index (χ0n) is 12.9. The number of esters is 1. The Morgan fingerprint density at radius 3 is 2.70 bits per heavy atom. The Hall–Kier alpha value is -1.96. The van der Waals surface area contributed by atoms with Gasteiger partial charge in [0.2, 0.25) is 0 Å². The number of halogens is 1. The van der Waals surface area contributed by atoms with E-state index < -0.39 is 5.97 Å². The number of hydrogen-bond donors (Lipinski definition) is 1. The fraction of sp³-hybridized carbons (Fsp3) is 0.235.